The molecule has 18 heavy (non-hydrogen) atoms. The minimum atomic E-state index is 0.508. The van der Waals surface area contributed by atoms with Crippen LogP contribution < -0.4 is 10.6 Å². The topological polar surface area (TPSA) is 29.3 Å². The Morgan fingerprint density at radius 1 is 1.50 bits per heavy atom. The SMILES string of the molecule is CSc1cccc(N2CCCC(C)C2)c1C(N)=S. The molecule has 1 fully saturated rings. The maximum absolute atomic E-state index is 5.92. The Morgan fingerprint density at radius 3 is 2.89 bits per heavy atom. The third kappa shape index (κ3) is 2.81. The van der Waals surface area contributed by atoms with Crippen molar-refractivity contribution < 1.29 is 0 Å². The van der Waals surface area contributed by atoms with Gasteiger partial charge in [0.2, 0.25) is 0 Å². The van der Waals surface area contributed by atoms with Gasteiger partial charge in [0.25, 0.3) is 0 Å². The van der Waals surface area contributed by atoms with Crippen molar-refractivity contribution in [3.05, 3.63) is 23.8 Å². The lowest BCUT2D eigenvalue weighted by molar-refractivity contribution is 0.446. The molecule has 1 aliphatic rings. The molecule has 0 bridgehead atoms. The van der Waals surface area contributed by atoms with Crippen LogP contribution >= 0.6 is 24.0 Å². The van der Waals surface area contributed by atoms with Crippen molar-refractivity contribution in [2.75, 3.05) is 24.2 Å². The Labute approximate surface area is 119 Å². The number of hydrogen-bond acceptors (Lipinski definition) is 3. The Bertz CT molecular complexity index is 445. The molecule has 0 aromatic heterocycles. The second-order valence-electron chi connectivity index (χ2n) is 4.91. The molecule has 0 saturated carbocycles. The van der Waals surface area contributed by atoms with Gasteiger partial charge in [-0.2, -0.15) is 0 Å². The largest absolute Gasteiger partial charge is 0.389 e. The summed E-state index contributed by atoms with van der Waals surface area (Å²) in [7, 11) is 0. The summed E-state index contributed by atoms with van der Waals surface area (Å²) in [5, 5.41) is 0. The molecule has 1 atom stereocenters. The van der Waals surface area contributed by atoms with E-state index in [1.54, 1.807) is 11.8 Å². The maximum Gasteiger partial charge on any atom is 0.107 e. The molecule has 1 saturated heterocycles. The first kappa shape index (κ1) is 13.7. The summed E-state index contributed by atoms with van der Waals surface area (Å²) in [5.74, 6) is 0.746. The minimum Gasteiger partial charge on any atom is -0.389 e. The fraction of sp³-hybridized carbons (Fsp3) is 0.500. The van der Waals surface area contributed by atoms with Gasteiger partial charge in [0.15, 0.2) is 0 Å². The third-order valence-corrected chi connectivity index (χ3v) is 4.45. The lowest BCUT2D eigenvalue weighted by atomic mass is 9.99. The van der Waals surface area contributed by atoms with E-state index >= 15 is 0 Å². The van der Waals surface area contributed by atoms with E-state index in [1.165, 1.54) is 23.4 Å². The fourth-order valence-corrected chi connectivity index (χ4v) is 3.52. The van der Waals surface area contributed by atoms with E-state index in [1.807, 2.05) is 0 Å². The van der Waals surface area contributed by atoms with Crippen LogP contribution in [0.1, 0.15) is 25.3 Å². The van der Waals surface area contributed by atoms with Gasteiger partial charge >= 0.3 is 0 Å². The van der Waals surface area contributed by atoms with Crippen LogP contribution in [-0.2, 0) is 0 Å². The molecular weight excluding hydrogens is 260 g/mol. The summed E-state index contributed by atoms with van der Waals surface area (Å²) in [6, 6.07) is 6.34. The van der Waals surface area contributed by atoms with Crippen LogP contribution in [0.15, 0.2) is 23.1 Å². The van der Waals surface area contributed by atoms with Crippen LogP contribution in [0.4, 0.5) is 5.69 Å². The highest BCUT2D eigenvalue weighted by Crippen LogP contribution is 2.32. The van der Waals surface area contributed by atoms with Gasteiger partial charge in [-0.05, 0) is 37.1 Å². The third-order valence-electron chi connectivity index (χ3n) is 3.47. The summed E-state index contributed by atoms with van der Waals surface area (Å²) in [6.07, 6.45) is 4.64. The van der Waals surface area contributed by atoms with Gasteiger partial charge in [0.05, 0.1) is 0 Å². The van der Waals surface area contributed by atoms with E-state index in [0.29, 0.717) is 4.99 Å². The summed E-state index contributed by atoms with van der Waals surface area (Å²) < 4.78 is 0. The molecule has 1 aliphatic heterocycles. The van der Waals surface area contributed by atoms with Crippen LogP contribution in [0.5, 0.6) is 0 Å². The van der Waals surface area contributed by atoms with Crippen molar-refractivity contribution in [1.82, 2.24) is 0 Å². The predicted molar refractivity (Wildman–Crippen MR) is 84.7 cm³/mol. The fourth-order valence-electron chi connectivity index (χ4n) is 2.61. The molecule has 4 heteroatoms. The lowest BCUT2D eigenvalue weighted by Crippen LogP contribution is -2.35. The first-order valence-electron chi connectivity index (χ1n) is 6.35. The Morgan fingerprint density at radius 2 is 2.28 bits per heavy atom. The molecule has 2 N–H and O–H groups in total. The highest BCUT2D eigenvalue weighted by molar-refractivity contribution is 7.98. The van der Waals surface area contributed by atoms with Gasteiger partial charge in [-0.1, -0.05) is 25.2 Å². The van der Waals surface area contributed by atoms with E-state index in [-0.39, 0.29) is 0 Å². The molecule has 0 amide bonds. The van der Waals surface area contributed by atoms with Crippen LogP contribution in [0.2, 0.25) is 0 Å². The van der Waals surface area contributed by atoms with Crippen molar-refractivity contribution in [3.8, 4) is 0 Å². The first-order chi connectivity index (χ1) is 8.63. The number of thiocarbonyl (C=S) groups is 1. The van der Waals surface area contributed by atoms with Gasteiger partial charge < -0.3 is 10.6 Å². The number of nitrogens with two attached hydrogens (primary N) is 1. The minimum absolute atomic E-state index is 0.508. The number of nitrogens with zero attached hydrogens (tertiary/aromatic N) is 1. The van der Waals surface area contributed by atoms with Gasteiger partial charge in [-0.3, -0.25) is 0 Å². The number of piperidine rings is 1. The maximum atomic E-state index is 5.92. The van der Waals surface area contributed by atoms with Crippen molar-refractivity contribution in [2.45, 2.75) is 24.7 Å². The van der Waals surface area contributed by atoms with Crippen LogP contribution in [-0.4, -0.2) is 24.3 Å². The Hall–Kier alpha value is -0.740. The van der Waals surface area contributed by atoms with Crippen molar-refractivity contribution >= 4 is 34.7 Å². The summed E-state index contributed by atoms with van der Waals surface area (Å²) in [6.45, 7) is 4.52. The van der Waals surface area contributed by atoms with Crippen LogP contribution in [0.25, 0.3) is 0 Å². The van der Waals surface area contributed by atoms with Gasteiger partial charge in [-0.15, -0.1) is 11.8 Å². The Kier molecular flexibility index (Phi) is 4.51. The lowest BCUT2D eigenvalue weighted by Gasteiger charge is -2.34. The Balaban J connectivity index is 2.40. The highest BCUT2D eigenvalue weighted by atomic mass is 32.2. The second-order valence-corrected chi connectivity index (χ2v) is 6.20. The average Bonchev–Trinajstić information content (AvgIpc) is 2.37. The monoisotopic (exact) mass is 280 g/mol. The second kappa shape index (κ2) is 5.93. The zero-order chi connectivity index (χ0) is 13.1. The highest BCUT2D eigenvalue weighted by Gasteiger charge is 2.21. The molecule has 2 nitrogen and oxygen atoms in total. The van der Waals surface area contributed by atoms with Gasteiger partial charge in [0.1, 0.15) is 4.99 Å². The van der Waals surface area contributed by atoms with Crippen molar-refractivity contribution in [3.63, 3.8) is 0 Å². The average molecular weight is 280 g/mol. The zero-order valence-electron chi connectivity index (χ0n) is 11.0. The first-order valence-corrected chi connectivity index (χ1v) is 7.98. The van der Waals surface area contributed by atoms with Crippen LogP contribution in [0, 0.1) is 5.92 Å². The van der Waals surface area contributed by atoms with E-state index in [4.69, 9.17) is 18.0 Å². The molecule has 0 radical (unpaired) electrons. The molecule has 1 aromatic rings. The number of anilines is 1. The van der Waals surface area contributed by atoms with Crippen LogP contribution in [0.3, 0.4) is 0 Å². The van der Waals surface area contributed by atoms with E-state index in [2.05, 4.69) is 36.3 Å². The smallest absolute Gasteiger partial charge is 0.107 e. The van der Waals surface area contributed by atoms with E-state index in [9.17, 15) is 0 Å². The molecule has 1 unspecified atom stereocenters. The standard InChI is InChI=1S/C14H20N2S2/c1-10-5-4-8-16(9-10)11-6-3-7-12(18-2)13(11)14(15)17/h3,6-7,10H,4-5,8-9H2,1-2H3,(H2,15,17). The number of rotatable bonds is 3. The summed E-state index contributed by atoms with van der Waals surface area (Å²) in [4.78, 5) is 4.12. The predicted octanol–water partition coefficient (Wildman–Crippen LogP) is 3.28. The van der Waals surface area contributed by atoms with Crippen molar-refractivity contribution in [1.29, 1.82) is 0 Å². The summed E-state index contributed by atoms with van der Waals surface area (Å²) >= 11 is 6.95. The van der Waals surface area contributed by atoms with E-state index < -0.39 is 0 Å². The molecule has 0 aliphatic carbocycles. The molecule has 2 rings (SSSR count). The quantitative estimate of drug-likeness (QED) is 0.679. The molecule has 98 valence electrons. The van der Waals surface area contributed by atoms with E-state index in [0.717, 1.165) is 24.6 Å². The zero-order valence-corrected chi connectivity index (χ0v) is 12.6. The number of benzene rings is 1. The van der Waals surface area contributed by atoms with Gasteiger partial charge in [0, 0.05) is 29.2 Å². The number of hydrogen-bond donors (Lipinski definition) is 1. The van der Waals surface area contributed by atoms with Gasteiger partial charge in [-0.25, -0.2) is 0 Å². The molecular formula is C14H20N2S2. The number of thioether (sulfide) groups is 1. The molecule has 1 heterocycles. The molecule has 0 spiro atoms. The van der Waals surface area contributed by atoms with Crippen molar-refractivity contribution in [2.24, 2.45) is 11.7 Å². The normalized spacial score (nSPS) is 19.9. The molecule has 1 aromatic carbocycles. The summed E-state index contributed by atoms with van der Waals surface area (Å²) in [5.41, 5.74) is 8.18.